The van der Waals surface area contributed by atoms with Gasteiger partial charge < -0.3 is 20.6 Å². The predicted molar refractivity (Wildman–Crippen MR) is 72.1 cm³/mol. The molecule has 0 bridgehead atoms. The Morgan fingerprint density at radius 3 is 2.72 bits per heavy atom. The number of nitrogens with two attached hydrogens (primary N) is 1. The number of aromatic carboxylic acids is 1. The summed E-state index contributed by atoms with van der Waals surface area (Å²) in [5, 5.41) is 8.91. The number of carboxylic acids is 1. The number of hydrogen-bond acceptors (Lipinski definition) is 4. The average Bonchev–Trinajstić information content (AvgIpc) is 2.54. The van der Waals surface area contributed by atoms with Crippen molar-refractivity contribution in [1.29, 1.82) is 0 Å². The lowest BCUT2D eigenvalue weighted by Gasteiger charge is -2.24. The van der Waals surface area contributed by atoms with Gasteiger partial charge >= 0.3 is 5.97 Å². The van der Waals surface area contributed by atoms with Gasteiger partial charge in [0.15, 0.2) is 0 Å². The molecule has 1 aromatic rings. The molecular formula is C13H19N3O2. The lowest BCUT2D eigenvalue weighted by Crippen LogP contribution is -2.29. The minimum absolute atomic E-state index is 0.239. The number of hydrogen-bond donors (Lipinski definition) is 2. The molecule has 5 nitrogen and oxygen atoms in total. The topological polar surface area (TPSA) is 69.8 Å². The zero-order chi connectivity index (χ0) is 13.1. The summed E-state index contributed by atoms with van der Waals surface area (Å²) < 4.78 is 0. The van der Waals surface area contributed by atoms with Crippen molar-refractivity contribution >= 4 is 17.3 Å². The van der Waals surface area contributed by atoms with Crippen LogP contribution in [0.25, 0.3) is 0 Å². The van der Waals surface area contributed by atoms with E-state index in [1.165, 1.54) is 6.07 Å². The van der Waals surface area contributed by atoms with Gasteiger partial charge in [0.05, 0.1) is 16.9 Å². The van der Waals surface area contributed by atoms with Crippen molar-refractivity contribution < 1.29 is 9.90 Å². The molecule has 18 heavy (non-hydrogen) atoms. The first-order valence-corrected chi connectivity index (χ1v) is 6.14. The summed E-state index contributed by atoms with van der Waals surface area (Å²) in [5.74, 6) is -0.941. The Balaban J connectivity index is 2.20. The van der Waals surface area contributed by atoms with Crippen LogP contribution >= 0.6 is 0 Å². The molecule has 0 amide bonds. The van der Waals surface area contributed by atoms with Crippen LogP contribution in [0.3, 0.4) is 0 Å². The second kappa shape index (κ2) is 5.27. The number of rotatable bonds is 2. The van der Waals surface area contributed by atoms with Crippen LogP contribution in [-0.2, 0) is 0 Å². The van der Waals surface area contributed by atoms with E-state index in [0.717, 1.165) is 38.3 Å². The van der Waals surface area contributed by atoms with Gasteiger partial charge in [-0.3, -0.25) is 0 Å². The summed E-state index contributed by atoms with van der Waals surface area (Å²) in [7, 11) is 2.11. The van der Waals surface area contributed by atoms with Crippen LogP contribution in [0.5, 0.6) is 0 Å². The van der Waals surface area contributed by atoms with E-state index in [2.05, 4.69) is 16.8 Å². The lowest BCUT2D eigenvalue weighted by atomic mass is 10.1. The highest BCUT2D eigenvalue weighted by Gasteiger charge is 2.15. The lowest BCUT2D eigenvalue weighted by molar-refractivity contribution is 0.0697. The van der Waals surface area contributed by atoms with Crippen molar-refractivity contribution in [2.24, 2.45) is 0 Å². The first kappa shape index (κ1) is 12.7. The van der Waals surface area contributed by atoms with Gasteiger partial charge in [-0.2, -0.15) is 0 Å². The van der Waals surface area contributed by atoms with Crippen LogP contribution in [0.15, 0.2) is 18.2 Å². The fourth-order valence-corrected chi connectivity index (χ4v) is 2.26. The van der Waals surface area contributed by atoms with Gasteiger partial charge in [0.25, 0.3) is 0 Å². The van der Waals surface area contributed by atoms with Crippen molar-refractivity contribution in [3.63, 3.8) is 0 Å². The van der Waals surface area contributed by atoms with E-state index in [0.29, 0.717) is 5.69 Å². The standard InChI is InChI=1S/C13H19N3O2/c1-15-5-2-6-16(8-7-15)12-4-3-10(13(17)18)9-11(12)14/h3-4,9H,2,5-8,14H2,1H3,(H,17,18). The number of nitrogens with zero attached hydrogens (tertiary/aromatic N) is 2. The molecule has 0 aliphatic carbocycles. The van der Waals surface area contributed by atoms with Gasteiger partial charge in [-0.05, 0) is 38.2 Å². The quantitative estimate of drug-likeness (QED) is 0.768. The molecule has 0 saturated carbocycles. The fourth-order valence-electron chi connectivity index (χ4n) is 2.26. The second-order valence-electron chi connectivity index (χ2n) is 4.72. The first-order chi connectivity index (χ1) is 8.58. The van der Waals surface area contributed by atoms with Crippen molar-refractivity contribution in [2.45, 2.75) is 6.42 Å². The molecule has 0 aromatic heterocycles. The van der Waals surface area contributed by atoms with Gasteiger partial charge in [0.2, 0.25) is 0 Å². The van der Waals surface area contributed by atoms with E-state index in [-0.39, 0.29) is 5.56 Å². The molecule has 0 unspecified atom stereocenters. The molecule has 5 heteroatoms. The molecule has 1 aliphatic rings. The zero-order valence-corrected chi connectivity index (χ0v) is 10.6. The number of anilines is 2. The van der Waals surface area contributed by atoms with Gasteiger partial charge in [-0.1, -0.05) is 0 Å². The van der Waals surface area contributed by atoms with Crippen LogP contribution in [0.1, 0.15) is 16.8 Å². The number of benzene rings is 1. The Hall–Kier alpha value is -1.75. The normalized spacial score (nSPS) is 17.5. The van der Waals surface area contributed by atoms with Gasteiger partial charge in [-0.25, -0.2) is 4.79 Å². The molecule has 1 heterocycles. The molecule has 1 aliphatic heterocycles. The minimum Gasteiger partial charge on any atom is -0.478 e. The number of carboxylic acid groups (broad SMARTS) is 1. The van der Waals surface area contributed by atoms with E-state index >= 15 is 0 Å². The summed E-state index contributed by atoms with van der Waals surface area (Å²) in [6, 6.07) is 4.96. The second-order valence-corrected chi connectivity index (χ2v) is 4.72. The molecule has 0 atom stereocenters. The third-order valence-corrected chi connectivity index (χ3v) is 3.33. The van der Waals surface area contributed by atoms with Crippen molar-refractivity contribution in [2.75, 3.05) is 43.9 Å². The summed E-state index contributed by atoms with van der Waals surface area (Å²) in [5.41, 5.74) is 7.68. The summed E-state index contributed by atoms with van der Waals surface area (Å²) in [6.45, 7) is 3.97. The molecule has 3 N–H and O–H groups in total. The van der Waals surface area contributed by atoms with Gasteiger partial charge in [0.1, 0.15) is 0 Å². The number of likely N-dealkylation sites (N-methyl/N-ethyl adjacent to an activating group) is 1. The maximum atomic E-state index is 10.9. The maximum Gasteiger partial charge on any atom is 0.335 e. The van der Waals surface area contributed by atoms with E-state index in [9.17, 15) is 4.79 Å². The molecule has 1 aromatic carbocycles. The molecule has 0 spiro atoms. The summed E-state index contributed by atoms with van der Waals surface area (Å²) >= 11 is 0. The van der Waals surface area contributed by atoms with Crippen LogP contribution < -0.4 is 10.6 Å². The van der Waals surface area contributed by atoms with Crippen molar-refractivity contribution in [3.8, 4) is 0 Å². The smallest absolute Gasteiger partial charge is 0.335 e. The van der Waals surface area contributed by atoms with E-state index in [1.807, 2.05) is 6.07 Å². The predicted octanol–water partition coefficient (Wildman–Crippen LogP) is 1.11. The van der Waals surface area contributed by atoms with E-state index in [4.69, 9.17) is 10.8 Å². The Morgan fingerprint density at radius 1 is 1.28 bits per heavy atom. The Morgan fingerprint density at radius 2 is 2.06 bits per heavy atom. The average molecular weight is 249 g/mol. The Bertz CT molecular complexity index is 448. The zero-order valence-electron chi connectivity index (χ0n) is 10.6. The molecule has 98 valence electrons. The third kappa shape index (κ3) is 2.73. The van der Waals surface area contributed by atoms with Crippen molar-refractivity contribution in [1.82, 2.24) is 4.90 Å². The van der Waals surface area contributed by atoms with Crippen LogP contribution in [-0.4, -0.2) is 49.2 Å². The number of carbonyl (C=O) groups is 1. The van der Waals surface area contributed by atoms with Gasteiger partial charge in [-0.15, -0.1) is 0 Å². The molecule has 2 rings (SSSR count). The molecule has 1 saturated heterocycles. The van der Waals surface area contributed by atoms with Crippen molar-refractivity contribution in [3.05, 3.63) is 23.8 Å². The third-order valence-electron chi connectivity index (χ3n) is 3.33. The fraction of sp³-hybridized carbons (Fsp3) is 0.462. The number of nitrogen functional groups attached to an aromatic ring is 1. The SMILES string of the molecule is CN1CCCN(c2ccc(C(=O)O)cc2N)CC1. The van der Waals surface area contributed by atoms with Crippen LogP contribution in [0, 0.1) is 0 Å². The molecular weight excluding hydrogens is 230 g/mol. The molecule has 1 fully saturated rings. The highest BCUT2D eigenvalue weighted by atomic mass is 16.4. The maximum absolute atomic E-state index is 10.9. The van der Waals surface area contributed by atoms with Crippen LogP contribution in [0.2, 0.25) is 0 Å². The highest BCUT2D eigenvalue weighted by Crippen LogP contribution is 2.25. The summed E-state index contributed by atoms with van der Waals surface area (Å²) in [4.78, 5) is 15.4. The molecule has 0 radical (unpaired) electrons. The first-order valence-electron chi connectivity index (χ1n) is 6.14. The monoisotopic (exact) mass is 249 g/mol. The summed E-state index contributed by atoms with van der Waals surface area (Å²) in [6.07, 6.45) is 1.09. The highest BCUT2D eigenvalue weighted by molar-refractivity contribution is 5.90. The van der Waals surface area contributed by atoms with Crippen LogP contribution in [0.4, 0.5) is 11.4 Å². The van der Waals surface area contributed by atoms with Gasteiger partial charge in [0, 0.05) is 19.6 Å². The Kier molecular flexibility index (Phi) is 3.72. The van der Waals surface area contributed by atoms with E-state index in [1.54, 1.807) is 6.07 Å². The largest absolute Gasteiger partial charge is 0.478 e. The van der Waals surface area contributed by atoms with E-state index < -0.39 is 5.97 Å². The minimum atomic E-state index is -0.941. The Labute approximate surface area is 107 Å².